The standard InChI is InChI=1S/C23H22N4O2S/c1-29-20-7-5-18(6-8-20)21-16-30-22(25-21)15-26-9-11-27(12-10-26)23(28)19-4-2-3-17(13-19)14-24/h2-8,13,16H,9-12,15H2,1H3. The zero-order valence-electron chi connectivity index (χ0n) is 16.7. The SMILES string of the molecule is COc1ccc(-c2csc(CN3CCN(C(=O)c4cccc(C#N)c4)CC3)n2)cc1. The largest absolute Gasteiger partial charge is 0.497 e. The van der Waals surface area contributed by atoms with Crippen molar-refractivity contribution in [1.82, 2.24) is 14.8 Å². The highest BCUT2D eigenvalue weighted by atomic mass is 32.1. The van der Waals surface area contributed by atoms with E-state index in [1.54, 1.807) is 42.7 Å². The molecule has 6 nitrogen and oxygen atoms in total. The molecule has 152 valence electrons. The second-order valence-electron chi connectivity index (χ2n) is 7.12. The summed E-state index contributed by atoms with van der Waals surface area (Å²) in [5.74, 6) is 0.823. The first-order valence-electron chi connectivity index (χ1n) is 9.77. The molecule has 1 saturated heterocycles. The number of aromatic nitrogens is 1. The van der Waals surface area contributed by atoms with Gasteiger partial charge in [0, 0.05) is 42.7 Å². The van der Waals surface area contributed by atoms with E-state index < -0.39 is 0 Å². The van der Waals surface area contributed by atoms with Crippen LogP contribution in [0.15, 0.2) is 53.9 Å². The van der Waals surface area contributed by atoms with Crippen LogP contribution in [-0.2, 0) is 6.54 Å². The maximum atomic E-state index is 12.7. The van der Waals surface area contributed by atoms with Crippen LogP contribution < -0.4 is 4.74 Å². The summed E-state index contributed by atoms with van der Waals surface area (Å²) in [6, 6.07) is 16.9. The van der Waals surface area contributed by atoms with Crippen LogP contribution >= 0.6 is 11.3 Å². The molecule has 1 amide bonds. The molecule has 0 spiro atoms. The quantitative estimate of drug-likeness (QED) is 0.633. The van der Waals surface area contributed by atoms with Gasteiger partial charge in [0.2, 0.25) is 0 Å². The Labute approximate surface area is 180 Å². The van der Waals surface area contributed by atoms with Crippen molar-refractivity contribution in [2.24, 2.45) is 0 Å². The highest BCUT2D eigenvalue weighted by Gasteiger charge is 2.23. The van der Waals surface area contributed by atoms with Crippen LogP contribution in [0.3, 0.4) is 0 Å². The van der Waals surface area contributed by atoms with Crippen LogP contribution in [0.2, 0.25) is 0 Å². The van der Waals surface area contributed by atoms with Crippen molar-refractivity contribution in [2.75, 3.05) is 33.3 Å². The van der Waals surface area contributed by atoms with E-state index in [9.17, 15) is 4.79 Å². The van der Waals surface area contributed by atoms with Crippen molar-refractivity contribution in [3.63, 3.8) is 0 Å². The first-order chi connectivity index (χ1) is 14.7. The predicted octanol–water partition coefficient (Wildman–Crippen LogP) is 3.65. The summed E-state index contributed by atoms with van der Waals surface area (Å²) in [4.78, 5) is 21.7. The molecule has 1 fully saturated rings. The number of hydrogen-bond donors (Lipinski definition) is 0. The molecule has 0 radical (unpaired) electrons. The van der Waals surface area contributed by atoms with Crippen molar-refractivity contribution in [3.8, 4) is 23.1 Å². The second kappa shape index (κ2) is 9.08. The molecule has 0 unspecified atom stereocenters. The average Bonchev–Trinajstić information content (AvgIpc) is 3.27. The summed E-state index contributed by atoms with van der Waals surface area (Å²) in [5.41, 5.74) is 3.14. The van der Waals surface area contributed by atoms with E-state index in [0.29, 0.717) is 24.2 Å². The van der Waals surface area contributed by atoms with Gasteiger partial charge < -0.3 is 9.64 Å². The van der Waals surface area contributed by atoms with Crippen molar-refractivity contribution in [1.29, 1.82) is 5.26 Å². The third kappa shape index (κ3) is 4.51. The number of thiazole rings is 1. The minimum absolute atomic E-state index is 0.0113. The number of carbonyl (C=O) groups excluding carboxylic acids is 1. The van der Waals surface area contributed by atoms with Crippen LogP contribution in [0.25, 0.3) is 11.3 Å². The maximum absolute atomic E-state index is 12.7. The molecule has 1 aliphatic rings. The van der Waals surface area contributed by atoms with Gasteiger partial charge in [-0.2, -0.15) is 5.26 Å². The van der Waals surface area contributed by atoms with Gasteiger partial charge in [0.15, 0.2) is 0 Å². The maximum Gasteiger partial charge on any atom is 0.253 e. The van der Waals surface area contributed by atoms with Crippen molar-refractivity contribution in [3.05, 3.63) is 70.0 Å². The summed E-state index contributed by atoms with van der Waals surface area (Å²) in [6.07, 6.45) is 0. The molecular formula is C23H22N4O2S. The summed E-state index contributed by atoms with van der Waals surface area (Å²) < 4.78 is 5.21. The molecule has 1 aromatic heterocycles. The van der Waals surface area contributed by atoms with Gasteiger partial charge >= 0.3 is 0 Å². The van der Waals surface area contributed by atoms with Gasteiger partial charge in [-0.3, -0.25) is 9.69 Å². The van der Waals surface area contributed by atoms with Gasteiger partial charge in [0.25, 0.3) is 5.91 Å². The number of methoxy groups -OCH3 is 1. The number of ether oxygens (including phenoxy) is 1. The van der Waals surface area contributed by atoms with Gasteiger partial charge in [-0.25, -0.2) is 4.98 Å². The number of rotatable bonds is 5. The minimum atomic E-state index is -0.0113. The molecule has 1 aliphatic heterocycles. The molecule has 0 N–H and O–H groups in total. The molecule has 2 aromatic carbocycles. The summed E-state index contributed by atoms with van der Waals surface area (Å²) in [7, 11) is 1.66. The zero-order valence-corrected chi connectivity index (χ0v) is 17.6. The van der Waals surface area contributed by atoms with E-state index in [-0.39, 0.29) is 5.91 Å². The lowest BCUT2D eigenvalue weighted by Gasteiger charge is -2.34. The van der Waals surface area contributed by atoms with Gasteiger partial charge in [0.05, 0.1) is 31.0 Å². The molecule has 0 aliphatic carbocycles. The van der Waals surface area contributed by atoms with Crippen molar-refractivity contribution < 1.29 is 9.53 Å². The number of piperazine rings is 1. The van der Waals surface area contributed by atoms with Gasteiger partial charge in [0.1, 0.15) is 10.8 Å². The van der Waals surface area contributed by atoms with Gasteiger partial charge in [-0.15, -0.1) is 11.3 Å². The first-order valence-corrected chi connectivity index (χ1v) is 10.6. The van der Waals surface area contributed by atoms with E-state index in [1.807, 2.05) is 29.2 Å². The normalized spacial score (nSPS) is 14.3. The molecule has 3 aromatic rings. The fourth-order valence-corrected chi connectivity index (χ4v) is 4.33. The molecule has 7 heteroatoms. The van der Waals surface area contributed by atoms with E-state index in [2.05, 4.69) is 16.3 Å². The smallest absolute Gasteiger partial charge is 0.253 e. The fraction of sp³-hybridized carbons (Fsp3) is 0.261. The molecule has 30 heavy (non-hydrogen) atoms. The lowest BCUT2D eigenvalue weighted by atomic mass is 10.1. The number of carbonyl (C=O) groups is 1. The van der Waals surface area contributed by atoms with Crippen molar-refractivity contribution in [2.45, 2.75) is 6.54 Å². The Morgan fingerprint density at radius 2 is 1.93 bits per heavy atom. The number of nitriles is 1. The third-order valence-corrected chi connectivity index (χ3v) is 6.03. The third-order valence-electron chi connectivity index (χ3n) is 5.19. The van der Waals surface area contributed by atoms with E-state index in [1.165, 1.54) is 0 Å². The molecule has 0 atom stereocenters. The first kappa shape index (κ1) is 20.1. The van der Waals surface area contributed by atoms with E-state index >= 15 is 0 Å². The Hall–Kier alpha value is -3.21. The molecule has 2 heterocycles. The lowest BCUT2D eigenvalue weighted by molar-refractivity contribution is 0.0628. The van der Waals surface area contributed by atoms with Gasteiger partial charge in [-0.05, 0) is 42.5 Å². The Bertz CT molecular complexity index is 1060. The number of hydrogen-bond acceptors (Lipinski definition) is 6. The summed E-state index contributed by atoms with van der Waals surface area (Å²) in [6.45, 7) is 3.74. The number of benzene rings is 2. The Kier molecular flexibility index (Phi) is 6.07. The average molecular weight is 419 g/mol. The Balaban J connectivity index is 1.33. The summed E-state index contributed by atoms with van der Waals surface area (Å²) in [5, 5.41) is 12.2. The second-order valence-corrected chi connectivity index (χ2v) is 8.06. The highest BCUT2D eigenvalue weighted by Crippen LogP contribution is 2.25. The topological polar surface area (TPSA) is 69.5 Å². The molecule has 0 bridgehead atoms. The van der Waals surface area contributed by atoms with Gasteiger partial charge in [-0.1, -0.05) is 6.07 Å². The lowest BCUT2D eigenvalue weighted by Crippen LogP contribution is -2.48. The zero-order chi connectivity index (χ0) is 20.9. The number of nitrogens with zero attached hydrogens (tertiary/aromatic N) is 4. The monoisotopic (exact) mass is 418 g/mol. The predicted molar refractivity (Wildman–Crippen MR) is 116 cm³/mol. The van der Waals surface area contributed by atoms with Crippen LogP contribution in [0.5, 0.6) is 5.75 Å². The highest BCUT2D eigenvalue weighted by molar-refractivity contribution is 7.09. The van der Waals surface area contributed by atoms with Crippen LogP contribution in [0, 0.1) is 11.3 Å². The number of amides is 1. The van der Waals surface area contributed by atoms with Crippen molar-refractivity contribution >= 4 is 17.2 Å². The molecule has 4 rings (SSSR count). The minimum Gasteiger partial charge on any atom is -0.497 e. The van der Waals surface area contributed by atoms with E-state index in [4.69, 9.17) is 15.0 Å². The van der Waals surface area contributed by atoms with E-state index in [0.717, 1.165) is 41.6 Å². The van der Waals surface area contributed by atoms with Crippen LogP contribution in [0.1, 0.15) is 20.9 Å². The Morgan fingerprint density at radius 1 is 1.17 bits per heavy atom. The fourth-order valence-electron chi connectivity index (χ4n) is 3.48. The molecule has 0 saturated carbocycles. The van der Waals surface area contributed by atoms with Crippen LogP contribution in [0.4, 0.5) is 0 Å². The Morgan fingerprint density at radius 3 is 2.63 bits per heavy atom. The molecular weight excluding hydrogens is 396 g/mol. The summed E-state index contributed by atoms with van der Waals surface area (Å²) >= 11 is 1.66. The van der Waals surface area contributed by atoms with Crippen LogP contribution in [-0.4, -0.2) is 54.0 Å².